The molecule has 0 N–H and O–H groups in total. The number of hydrogen-bond acceptors (Lipinski definition) is 12. The van der Waals surface area contributed by atoms with Crippen LogP contribution in [0.4, 0.5) is 11.4 Å². The Labute approximate surface area is 389 Å². The van der Waals surface area contributed by atoms with Gasteiger partial charge in [-0.1, -0.05) is 35.9 Å². The standard InChI is InChI=1S/C23H25N3O3.C20H20ClN3O3.C3H5.BrH.Mg/c1-27-19-6-2-16(3-7-19)14-29-21-13-18(26-8-10-28-11-9-26)12-20-22(21)23(17-4-5-17)25-15-24-20;1-25-16-4-2-14(3-5-16)12-27-18-11-15(24-6-8-26-9-7-24)10-17-19(18)20(21)23-13-22-17;1-2-3-1;;/h2-3,6-7,12-13,15,17H,4-5,8-11,14H2,1H3;2-5,10-11,13H,6-9,12H2,1H3;1H,2-3H2;1H;/q;;-1;;+2/p-1. The van der Waals surface area contributed by atoms with Crippen LogP contribution in [0, 0.1) is 6.42 Å². The molecule has 12 nitrogen and oxygen atoms in total. The number of ether oxygens (including phenoxy) is 6. The summed E-state index contributed by atoms with van der Waals surface area (Å²) in [5.41, 5.74) is 7.15. The predicted octanol–water partition coefficient (Wildman–Crippen LogP) is 5.25. The molecule has 61 heavy (non-hydrogen) atoms. The van der Waals surface area contributed by atoms with Crippen LogP contribution in [-0.2, 0) is 22.7 Å². The number of morpholine rings is 2. The second-order valence-electron chi connectivity index (χ2n) is 14.7. The third-order valence-corrected chi connectivity index (χ3v) is 10.8. The minimum absolute atomic E-state index is 0. The van der Waals surface area contributed by atoms with Crippen LogP contribution in [0.2, 0.25) is 5.15 Å². The molecule has 10 rings (SSSR count). The summed E-state index contributed by atoms with van der Waals surface area (Å²) < 4.78 is 33.9. The molecule has 2 aromatic heterocycles. The van der Waals surface area contributed by atoms with Crippen molar-refractivity contribution in [2.45, 2.75) is 44.8 Å². The van der Waals surface area contributed by atoms with Gasteiger partial charge in [0.25, 0.3) is 0 Å². The normalized spacial score (nSPS) is 15.5. The zero-order chi connectivity index (χ0) is 40.4. The number of benzene rings is 4. The molecule has 4 aliphatic rings. The predicted molar refractivity (Wildman–Crippen MR) is 236 cm³/mol. The SMILES string of the molecule is COc1ccc(COc2cc(N3CCOCC3)cc3ncnc(C4CC4)c23)cc1.COc1ccc(COc2cc(N3CCOCC3)cc3ncnc(Cl)c23)cc1.[Br-].[CH-]1CC1.[Mg+2]. The van der Waals surface area contributed by atoms with E-state index in [4.69, 9.17) is 40.0 Å². The summed E-state index contributed by atoms with van der Waals surface area (Å²) in [5, 5.41) is 2.17. The number of aromatic nitrogens is 4. The van der Waals surface area contributed by atoms with Crippen molar-refractivity contribution in [1.82, 2.24) is 19.9 Å². The quantitative estimate of drug-likeness (QED) is 0.0963. The van der Waals surface area contributed by atoms with Gasteiger partial charge < -0.3 is 61.6 Å². The largest absolute Gasteiger partial charge is 2.00 e. The first-order chi connectivity index (χ1) is 29.1. The van der Waals surface area contributed by atoms with Crippen molar-refractivity contribution in [2.75, 3.05) is 76.6 Å². The molecular formula is C46H50BrClMgN6O6. The first-order valence-corrected chi connectivity index (χ1v) is 20.7. The first-order valence-electron chi connectivity index (χ1n) is 20.3. The molecule has 0 amide bonds. The molecule has 4 heterocycles. The zero-order valence-corrected chi connectivity index (χ0v) is 38.5. The third kappa shape index (κ3) is 12.5. The van der Waals surface area contributed by atoms with Gasteiger partial charge in [-0.15, -0.1) is 0 Å². The van der Waals surface area contributed by atoms with Crippen LogP contribution in [-0.4, -0.2) is 110 Å². The van der Waals surface area contributed by atoms with Gasteiger partial charge in [-0.2, -0.15) is 0 Å². The number of rotatable bonds is 11. The van der Waals surface area contributed by atoms with E-state index in [1.54, 1.807) is 20.5 Å². The van der Waals surface area contributed by atoms with E-state index >= 15 is 0 Å². The smallest absolute Gasteiger partial charge is 1.00 e. The van der Waals surface area contributed by atoms with Crippen LogP contribution in [0.25, 0.3) is 21.8 Å². The molecule has 316 valence electrons. The minimum atomic E-state index is 0. The molecule has 0 radical (unpaired) electrons. The van der Waals surface area contributed by atoms with Gasteiger partial charge in [-0.25, -0.2) is 32.8 Å². The molecule has 2 aliphatic heterocycles. The molecular weight excluding hydrogens is 872 g/mol. The van der Waals surface area contributed by atoms with Crippen molar-refractivity contribution in [2.24, 2.45) is 0 Å². The van der Waals surface area contributed by atoms with Crippen LogP contribution >= 0.6 is 11.6 Å². The summed E-state index contributed by atoms with van der Waals surface area (Å²) in [7, 11) is 3.32. The van der Waals surface area contributed by atoms with E-state index in [9.17, 15) is 0 Å². The Hall–Kier alpha value is -4.18. The Kier molecular flexibility index (Phi) is 17.3. The first kappa shape index (κ1) is 46.3. The number of nitrogens with zero attached hydrogens (tertiary/aromatic N) is 6. The van der Waals surface area contributed by atoms with Crippen molar-refractivity contribution >= 4 is 67.8 Å². The average Bonchev–Trinajstić information content (AvgIpc) is 4.23. The van der Waals surface area contributed by atoms with Crippen LogP contribution in [0.15, 0.2) is 85.5 Å². The molecule has 2 aliphatic carbocycles. The number of methoxy groups -OCH3 is 2. The van der Waals surface area contributed by atoms with Crippen molar-refractivity contribution in [3.05, 3.63) is 114 Å². The third-order valence-electron chi connectivity index (χ3n) is 10.5. The Morgan fingerprint density at radius 1 is 0.639 bits per heavy atom. The summed E-state index contributed by atoms with van der Waals surface area (Å²) in [6.45, 7) is 7.25. The second-order valence-corrected chi connectivity index (χ2v) is 15.1. The molecule has 4 aromatic carbocycles. The Morgan fingerprint density at radius 3 is 1.52 bits per heavy atom. The van der Waals surface area contributed by atoms with E-state index in [0.717, 1.165) is 107 Å². The minimum Gasteiger partial charge on any atom is -1.00 e. The van der Waals surface area contributed by atoms with Crippen molar-refractivity contribution in [3.8, 4) is 23.0 Å². The maximum atomic E-state index is 6.35. The van der Waals surface area contributed by atoms with Gasteiger partial charge in [-0.3, -0.25) is 0 Å². The average molecular weight is 923 g/mol. The van der Waals surface area contributed by atoms with Crippen molar-refractivity contribution in [1.29, 1.82) is 0 Å². The molecule has 15 heteroatoms. The Balaban J connectivity index is 0.000000185. The van der Waals surface area contributed by atoms with E-state index in [0.29, 0.717) is 43.2 Å². The summed E-state index contributed by atoms with van der Waals surface area (Å²) >= 11 is 6.34. The molecule has 4 fully saturated rings. The van der Waals surface area contributed by atoms with Gasteiger partial charge in [0.15, 0.2) is 0 Å². The number of halogens is 2. The number of hydrogen-bond donors (Lipinski definition) is 0. The molecule has 0 spiro atoms. The van der Waals surface area contributed by atoms with Gasteiger partial charge in [-0.05, 0) is 60.4 Å². The van der Waals surface area contributed by atoms with Crippen LogP contribution in [0.1, 0.15) is 48.4 Å². The Morgan fingerprint density at radius 2 is 1.08 bits per heavy atom. The second kappa shape index (κ2) is 22.8. The van der Waals surface area contributed by atoms with Gasteiger partial charge in [0, 0.05) is 55.6 Å². The molecule has 0 unspecified atom stereocenters. The summed E-state index contributed by atoms with van der Waals surface area (Å²) in [4.78, 5) is 22.3. The fourth-order valence-electron chi connectivity index (χ4n) is 6.93. The molecule has 2 saturated carbocycles. The van der Waals surface area contributed by atoms with E-state index in [1.165, 1.54) is 32.0 Å². The summed E-state index contributed by atoms with van der Waals surface area (Å²) in [6.07, 6.45) is 10.5. The maximum Gasteiger partial charge on any atom is 2.00 e. The van der Waals surface area contributed by atoms with Gasteiger partial charge >= 0.3 is 23.1 Å². The van der Waals surface area contributed by atoms with Gasteiger partial charge in [0.2, 0.25) is 0 Å². The molecule has 2 saturated heterocycles. The van der Waals surface area contributed by atoms with E-state index in [1.807, 2.05) is 60.7 Å². The fourth-order valence-corrected chi connectivity index (χ4v) is 7.17. The van der Waals surface area contributed by atoms with E-state index in [-0.39, 0.29) is 40.0 Å². The summed E-state index contributed by atoms with van der Waals surface area (Å²) in [6, 6.07) is 24.1. The fraction of sp³-hybridized carbons (Fsp3) is 0.370. The van der Waals surface area contributed by atoms with Gasteiger partial charge in [0.1, 0.15) is 54.0 Å². The maximum absolute atomic E-state index is 6.35. The van der Waals surface area contributed by atoms with Gasteiger partial charge in [0.05, 0.1) is 68.1 Å². The summed E-state index contributed by atoms with van der Waals surface area (Å²) in [5.74, 6) is 3.73. The molecule has 0 bridgehead atoms. The molecule has 6 aromatic rings. The number of fused-ring (bicyclic) bond motifs is 2. The van der Waals surface area contributed by atoms with Crippen LogP contribution < -0.4 is 45.7 Å². The van der Waals surface area contributed by atoms with Crippen molar-refractivity contribution in [3.63, 3.8) is 0 Å². The van der Waals surface area contributed by atoms with Crippen LogP contribution in [0.5, 0.6) is 23.0 Å². The van der Waals surface area contributed by atoms with Crippen molar-refractivity contribution < 1.29 is 45.4 Å². The zero-order valence-electron chi connectivity index (χ0n) is 34.7. The Bertz CT molecular complexity index is 2310. The van der Waals surface area contributed by atoms with Crippen LogP contribution in [0.3, 0.4) is 0 Å². The molecule has 0 atom stereocenters. The van der Waals surface area contributed by atoms with E-state index < -0.39 is 0 Å². The van der Waals surface area contributed by atoms with E-state index in [2.05, 4.69) is 48.3 Å². The monoisotopic (exact) mass is 920 g/mol. The number of anilines is 2. The topological polar surface area (TPSA) is 113 Å².